The van der Waals surface area contributed by atoms with Crippen LogP contribution in [-0.4, -0.2) is 33.9 Å². The van der Waals surface area contributed by atoms with Crippen LogP contribution in [-0.2, 0) is 0 Å². The zero-order valence-electron chi connectivity index (χ0n) is 11.5. The number of halogens is 1. The van der Waals surface area contributed by atoms with Crippen LogP contribution in [0.15, 0.2) is 12.4 Å². The van der Waals surface area contributed by atoms with Gasteiger partial charge < -0.3 is 4.90 Å². The van der Waals surface area contributed by atoms with Gasteiger partial charge in [-0.1, -0.05) is 24.9 Å². The van der Waals surface area contributed by atoms with E-state index >= 15 is 0 Å². The third kappa shape index (κ3) is 3.44. The maximum atomic E-state index is 12.3. The molecular formula is C14H20ClN3O. The summed E-state index contributed by atoms with van der Waals surface area (Å²) in [5, 5.41) is 0.308. The van der Waals surface area contributed by atoms with Gasteiger partial charge >= 0.3 is 0 Å². The Morgan fingerprint density at radius 3 is 2.53 bits per heavy atom. The summed E-state index contributed by atoms with van der Waals surface area (Å²) in [5.41, 5.74) is 0.365. The minimum atomic E-state index is -0.0656. The lowest BCUT2D eigenvalue weighted by molar-refractivity contribution is 0.0668. The van der Waals surface area contributed by atoms with Gasteiger partial charge in [-0.15, -0.1) is 0 Å². The highest BCUT2D eigenvalue weighted by atomic mass is 35.5. The van der Waals surface area contributed by atoms with Crippen LogP contribution in [0, 0.1) is 5.92 Å². The molecule has 5 heteroatoms. The largest absolute Gasteiger partial charge is 0.337 e. The molecular weight excluding hydrogens is 262 g/mol. The van der Waals surface area contributed by atoms with Crippen LogP contribution in [0.2, 0.25) is 5.15 Å². The molecule has 1 fully saturated rings. The number of nitrogens with zero attached hydrogens (tertiary/aromatic N) is 3. The monoisotopic (exact) mass is 281 g/mol. The normalized spacial score (nSPS) is 23.1. The average Bonchev–Trinajstić information content (AvgIpc) is 2.46. The second-order valence-electron chi connectivity index (χ2n) is 5.22. The van der Waals surface area contributed by atoms with Crippen molar-refractivity contribution in [1.82, 2.24) is 14.9 Å². The van der Waals surface area contributed by atoms with Crippen LogP contribution in [0.25, 0.3) is 0 Å². The van der Waals surface area contributed by atoms with E-state index in [1.165, 1.54) is 31.7 Å². The predicted molar refractivity (Wildman–Crippen MR) is 75.2 cm³/mol. The molecule has 0 saturated heterocycles. The summed E-state index contributed by atoms with van der Waals surface area (Å²) in [6, 6.07) is 0.327. The zero-order valence-corrected chi connectivity index (χ0v) is 12.2. The Bertz CT molecular complexity index is 427. The van der Waals surface area contributed by atoms with Crippen LogP contribution in [0.3, 0.4) is 0 Å². The van der Waals surface area contributed by atoms with Gasteiger partial charge in [-0.25, -0.2) is 9.97 Å². The lowest BCUT2D eigenvalue weighted by Crippen LogP contribution is -2.39. The first-order chi connectivity index (χ1) is 9.11. The molecule has 0 radical (unpaired) electrons. The van der Waals surface area contributed by atoms with Gasteiger partial charge in [-0.3, -0.25) is 4.79 Å². The van der Waals surface area contributed by atoms with E-state index < -0.39 is 0 Å². The van der Waals surface area contributed by atoms with Crippen LogP contribution in [0.4, 0.5) is 0 Å². The van der Waals surface area contributed by atoms with Gasteiger partial charge in [0.25, 0.3) is 5.91 Å². The van der Waals surface area contributed by atoms with E-state index in [1.54, 1.807) is 0 Å². The fourth-order valence-corrected chi connectivity index (χ4v) is 2.81. The molecule has 4 nitrogen and oxygen atoms in total. The summed E-state index contributed by atoms with van der Waals surface area (Å²) in [6.07, 6.45) is 8.70. The molecule has 1 saturated carbocycles. The second-order valence-corrected chi connectivity index (χ2v) is 5.61. The Labute approximate surface area is 119 Å². The molecule has 0 bridgehead atoms. The van der Waals surface area contributed by atoms with Gasteiger partial charge in [0, 0.05) is 13.1 Å². The van der Waals surface area contributed by atoms with E-state index in [-0.39, 0.29) is 5.91 Å². The van der Waals surface area contributed by atoms with E-state index in [2.05, 4.69) is 16.9 Å². The van der Waals surface area contributed by atoms with Crippen molar-refractivity contribution in [3.63, 3.8) is 0 Å². The van der Waals surface area contributed by atoms with Crippen molar-refractivity contribution in [2.24, 2.45) is 5.92 Å². The third-order valence-corrected chi connectivity index (χ3v) is 4.30. The Morgan fingerprint density at radius 1 is 1.32 bits per heavy atom. The van der Waals surface area contributed by atoms with Crippen LogP contribution >= 0.6 is 11.6 Å². The average molecular weight is 282 g/mol. The molecule has 104 valence electrons. The smallest absolute Gasteiger partial charge is 0.274 e. The second kappa shape index (κ2) is 6.33. The molecule has 0 aliphatic heterocycles. The SMILES string of the molecule is CCC1CCC(N(C)C(=O)c2cnc(Cl)cn2)CC1. The van der Waals surface area contributed by atoms with Gasteiger partial charge in [-0.05, 0) is 31.6 Å². The topological polar surface area (TPSA) is 46.1 Å². The number of aromatic nitrogens is 2. The highest BCUT2D eigenvalue weighted by Crippen LogP contribution is 2.29. The number of amides is 1. The molecule has 1 aromatic heterocycles. The van der Waals surface area contributed by atoms with E-state index in [9.17, 15) is 4.79 Å². The molecule has 2 rings (SSSR count). The minimum Gasteiger partial charge on any atom is -0.337 e. The van der Waals surface area contributed by atoms with Crippen molar-refractivity contribution in [3.05, 3.63) is 23.2 Å². The highest BCUT2D eigenvalue weighted by Gasteiger charge is 2.26. The van der Waals surface area contributed by atoms with Gasteiger partial charge in [0.05, 0.1) is 12.4 Å². The number of hydrogen-bond donors (Lipinski definition) is 0. The Kier molecular flexibility index (Phi) is 4.75. The molecule has 0 spiro atoms. The quantitative estimate of drug-likeness (QED) is 0.855. The fraction of sp³-hybridized carbons (Fsp3) is 0.643. The van der Waals surface area contributed by atoms with Crippen molar-refractivity contribution in [1.29, 1.82) is 0 Å². The summed E-state index contributed by atoms with van der Waals surface area (Å²) in [6.45, 7) is 2.24. The molecule has 0 aromatic carbocycles. The first-order valence-electron chi connectivity index (χ1n) is 6.86. The number of carbonyl (C=O) groups excluding carboxylic acids is 1. The van der Waals surface area contributed by atoms with Crippen molar-refractivity contribution in [2.75, 3.05) is 7.05 Å². The maximum absolute atomic E-state index is 12.3. The van der Waals surface area contributed by atoms with Crippen LogP contribution in [0.1, 0.15) is 49.5 Å². The van der Waals surface area contributed by atoms with Gasteiger partial charge in [-0.2, -0.15) is 0 Å². The molecule has 1 aromatic rings. The lowest BCUT2D eigenvalue weighted by atomic mass is 9.84. The van der Waals surface area contributed by atoms with Crippen molar-refractivity contribution >= 4 is 17.5 Å². The molecule has 1 heterocycles. The van der Waals surface area contributed by atoms with Gasteiger partial charge in [0.1, 0.15) is 10.8 Å². The van der Waals surface area contributed by atoms with E-state index in [4.69, 9.17) is 11.6 Å². The summed E-state index contributed by atoms with van der Waals surface area (Å²) >= 11 is 5.68. The molecule has 0 N–H and O–H groups in total. The Balaban J connectivity index is 1.98. The molecule has 1 aliphatic carbocycles. The maximum Gasteiger partial charge on any atom is 0.274 e. The first kappa shape index (κ1) is 14.3. The van der Waals surface area contributed by atoms with Crippen LogP contribution in [0.5, 0.6) is 0 Å². The van der Waals surface area contributed by atoms with Gasteiger partial charge in [0.2, 0.25) is 0 Å². The van der Waals surface area contributed by atoms with E-state index in [0.29, 0.717) is 16.9 Å². The number of carbonyl (C=O) groups is 1. The van der Waals surface area contributed by atoms with Crippen LogP contribution < -0.4 is 0 Å². The lowest BCUT2D eigenvalue weighted by Gasteiger charge is -2.34. The number of rotatable bonds is 3. The summed E-state index contributed by atoms with van der Waals surface area (Å²) in [7, 11) is 1.86. The first-order valence-corrected chi connectivity index (χ1v) is 7.24. The van der Waals surface area contributed by atoms with Gasteiger partial charge in [0.15, 0.2) is 0 Å². The van der Waals surface area contributed by atoms with Crippen molar-refractivity contribution < 1.29 is 4.79 Å². The summed E-state index contributed by atoms with van der Waals surface area (Å²) in [5.74, 6) is 0.763. The zero-order chi connectivity index (χ0) is 13.8. The number of hydrogen-bond acceptors (Lipinski definition) is 3. The summed E-state index contributed by atoms with van der Waals surface area (Å²) in [4.78, 5) is 22.0. The Hall–Kier alpha value is -1.16. The molecule has 1 amide bonds. The third-order valence-electron chi connectivity index (χ3n) is 4.10. The molecule has 19 heavy (non-hydrogen) atoms. The van der Waals surface area contributed by atoms with Crippen molar-refractivity contribution in [3.8, 4) is 0 Å². The molecule has 0 atom stereocenters. The predicted octanol–water partition coefficient (Wildman–Crippen LogP) is 3.17. The van der Waals surface area contributed by atoms with E-state index in [1.807, 2.05) is 11.9 Å². The minimum absolute atomic E-state index is 0.0656. The highest BCUT2D eigenvalue weighted by molar-refractivity contribution is 6.29. The van der Waals surface area contributed by atoms with E-state index in [0.717, 1.165) is 18.8 Å². The fourth-order valence-electron chi connectivity index (χ4n) is 2.71. The van der Waals surface area contributed by atoms with Crippen molar-refractivity contribution in [2.45, 2.75) is 45.1 Å². The standard InChI is InChI=1S/C14H20ClN3O/c1-3-10-4-6-11(7-5-10)18(2)14(19)12-8-17-13(15)9-16-12/h8-11H,3-7H2,1-2H3. The summed E-state index contributed by atoms with van der Waals surface area (Å²) < 4.78 is 0. The Morgan fingerprint density at radius 2 is 2.00 bits per heavy atom. The molecule has 1 aliphatic rings. The molecule has 0 unspecified atom stereocenters.